The molecule has 0 fully saturated rings. The van der Waals surface area contributed by atoms with E-state index in [1.165, 1.54) is 13.8 Å². The van der Waals surface area contributed by atoms with Gasteiger partial charge >= 0.3 is 11.9 Å². The molecule has 0 amide bonds. The molecule has 4 atom stereocenters. The maximum absolute atomic E-state index is 10.5. The van der Waals surface area contributed by atoms with E-state index in [1.54, 1.807) is 28.1 Å². The summed E-state index contributed by atoms with van der Waals surface area (Å²) in [6.07, 6.45) is 0.186. The molecular weight excluding hydrogens is 544 g/mol. The number of carboxylic acids is 2. The van der Waals surface area contributed by atoms with E-state index in [1.807, 2.05) is 39.8 Å². The molecule has 14 heteroatoms. The third-order valence-corrected chi connectivity index (χ3v) is 6.24. The van der Waals surface area contributed by atoms with Crippen molar-refractivity contribution in [2.75, 3.05) is 14.2 Å². The summed E-state index contributed by atoms with van der Waals surface area (Å²) in [5.74, 6) is -2.12. The van der Waals surface area contributed by atoms with Gasteiger partial charge in [0.15, 0.2) is 22.2 Å². The van der Waals surface area contributed by atoms with Gasteiger partial charge in [0.1, 0.15) is 0 Å². The first-order chi connectivity index (χ1) is 19.0. The van der Waals surface area contributed by atoms with E-state index in [9.17, 15) is 20.1 Å². The van der Waals surface area contributed by atoms with Crippen molar-refractivity contribution in [1.29, 1.82) is 21.0 Å². The second-order valence-corrected chi connectivity index (χ2v) is 12.0. The maximum Gasteiger partial charge on any atom is 0.303 e. The Labute approximate surface area is 248 Å². The van der Waals surface area contributed by atoms with Crippen molar-refractivity contribution in [3.8, 4) is 24.3 Å². The molecule has 42 heavy (non-hydrogen) atoms. The van der Waals surface area contributed by atoms with Gasteiger partial charge in [-0.15, -0.1) is 0 Å². The first-order valence-electron chi connectivity index (χ1n) is 13.1. The largest absolute Gasteiger partial charge is 0.481 e. The van der Waals surface area contributed by atoms with Crippen molar-refractivity contribution in [3.05, 3.63) is 0 Å². The van der Waals surface area contributed by atoms with Crippen LogP contribution in [-0.4, -0.2) is 69.7 Å². The van der Waals surface area contributed by atoms with Crippen LogP contribution in [0.3, 0.4) is 0 Å². The minimum atomic E-state index is -1.35. The standard InChI is InChI=1S/C16H28N4O2.C12H16N4O4/c1-13(2,21-7)9-15(5,11-17)19-20-16(6,12-18)10-14(3,4)22-8;1-11(7-13,5-3-9(17)18)15-16-12(2,8-14)6-4-10(19)20/h9-10H2,1-8H3;3-6H2,1-2H3,(H,17,18)(H,19,20)/b20-19+;16-15+. The summed E-state index contributed by atoms with van der Waals surface area (Å²) < 4.78 is 10.7. The molecule has 0 aromatic heterocycles. The lowest BCUT2D eigenvalue weighted by atomic mass is 9.88. The monoisotopic (exact) mass is 588 g/mol. The number of ether oxygens (including phenoxy) is 2. The minimum Gasteiger partial charge on any atom is -0.481 e. The van der Waals surface area contributed by atoms with E-state index >= 15 is 0 Å². The molecule has 0 rings (SSSR count). The average Bonchev–Trinajstić information content (AvgIpc) is 2.93. The SMILES string of the molecule is CC(C#N)(CCC(=O)O)/N=N/C(C)(C#N)CCC(=O)O.COC(C)(C)CC(C)(C#N)/N=N/C(C)(C#N)CC(C)(C)OC. The summed E-state index contributed by atoms with van der Waals surface area (Å²) in [4.78, 5) is 21.0. The Morgan fingerprint density at radius 2 is 0.810 bits per heavy atom. The van der Waals surface area contributed by atoms with Crippen LogP contribution in [0, 0.1) is 45.3 Å². The van der Waals surface area contributed by atoms with E-state index in [2.05, 4.69) is 32.6 Å². The number of carbonyl (C=O) groups is 2. The van der Waals surface area contributed by atoms with E-state index in [-0.39, 0.29) is 25.7 Å². The van der Waals surface area contributed by atoms with Gasteiger partial charge < -0.3 is 19.7 Å². The molecule has 0 saturated carbocycles. The zero-order valence-corrected chi connectivity index (χ0v) is 26.3. The first kappa shape index (κ1) is 40.2. The van der Waals surface area contributed by atoms with Crippen molar-refractivity contribution in [2.45, 2.75) is 127 Å². The highest BCUT2D eigenvalue weighted by atomic mass is 16.5. The Hall–Kier alpha value is -3.98. The van der Waals surface area contributed by atoms with Crippen LogP contribution in [0.4, 0.5) is 0 Å². The molecule has 0 radical (unpaired) electrons. The van der Waals surface area contributed by atoms with Gasteiger partial charge in [0.05, 0.1) is 35.5 Å². The predicted molar refractivity (Wildman–Crippen MR) is 151 cm³/mol. The smallest absolute Gasteiger partial charge is 0.303 e. The fourth-order valence-corrected chi connectivity index (χ4v) is 3.40. The number of methoxy groups -OCH3 is 2. The Kier molecular flexibility index (Phi) is 15.7. The summed E-state index contributed by atoms with van der Waals surface area (Å²) >= 11 is 0. The topological polar surface area (TPSA) is 238 Å². The lowest BCUT2D eigenvalue weighted by Crippen LogP contribution is -2.37. The van der Waals surface area contributed by atoms with Gasteiger partial charge in [0.2, 0.25) is 0 Å². The highest BCUT2D eigenvalue weighted by Crippen LogP contribution is 2.30. The Morgan fingerprint density at radius 3 is 1.00 bits per heavy atom. The second kappa shape index (κ2) is 16.5. The molecule has 2 N–H and O–H groups in total. The summed E-state index contributed by atoms with van der Waals surface area (Å²) in [5.41, 5.74) is -5.79. The fourth-order valence-electron chi connectivity index (χ4n) is 3.40. The van der Waals surface area contributed by atoms with E-state index in [0.717, 1.165) is 0 Å². The van der Waals surface area contributed by atoms with E-state index in [4.69, 9.17) is 30.2 Å². The normalized spacial score (nSPS) is 17.5. The molecule has 0 aliphatic heterocycles. The van der Waals surface area contributed by atoms with Crippen molar-refractivity contribution in [1.82, 2.24) is 0 Å². The molecule has 0 bridgehead atoms. The van der Waals surface area contributed by atoms with Crippen LogP contribution in [0.5, 0.6) is 0 Å². The Morgan fingerprint density at radius 1 is 0.571 bits per heavy atom. The van der Waals surface area contributed by atoms with Crippen LogP contribution in [0.25, 0.3) is 0 Å². The highest BCUT2D eigenvalue weighted by molar-refractivity contribution is 5.67. The molecule has 0 saturated heterocycles. The molecule has 0 aromatic rings. The van der Waals surface area contributed by atoms with Crippen molar-refractivity contribution < 1.29 is 29.3 Å². The predicted octanol–water partition coefficient (Wildman–Crippen LogP) is 5.37. The number of nitriles is 4. The Balaban J connectivity index is 0. The van der Waals surface area contributed by atoms with Gasteiger partial charge in [0.25, 0.3) is 0 Å². The Bertz CT molecular complexity index is 1070. The first-order valence-corrected chi connectivity index (χ1v) is 13.1. The van der Waals surface area contributed by atoms with Gasteiger partial charge in [-0.1, -0.05) is 0 Å². The lowest BCUT2D eigenvalue weighted by Gasteiger charge is -2.31. The van der Waals surface area contributed by atoms with Crippen LogP contribution >= 0.6 is 0 Å². The van der Waals surface area contributed by atoms with Crippen LogP contribution in [-0.2, 0) is 19.1 Å². The number of hydrogen-bond acceptors (Lipinski definition) is 12. The lowest BCUT2D eigenvalue weighted by molar-refractivity contribution is -0.138. The number of azo groups is 2. The molecule has 4 unspecified atom stereocenters. The summed E-state index contributed by atoms with van der Waals surface area (Å²) in [6, 6.07) is 8.01. The van der Waals surface area contributed by atoms with Gasteiger partial charge in [-0.3, -0.25) is 9.59 Å². The average molecular weight is 589 g/mol. The van der Waals surface area contributed by atoms with Crippen molar-refractivity contribution in [3.63, 3.8) is 0 Å². The van der Waals surface area contributed by atoms with E-state index in [0.29, 0.717) is 12.8 Å². The summed E-state index contributed by atoms with van der Waals surface area (Å²) in [6.45, 7) is 13.7. The molecule has 0 aromatic carbocycles. The van der Waals surface area contributed by atoms with Gasteiger partial charge in [0, 0.05) is 39.9 Å². The highest BCUT2D eigenvalue weighted by Gasteiger charge is 2.37. The quantitative estimate of drug-likeness (QED) is 0.218. The molecule has 0 aliphatic carbocycles. The molecule has 0 heterocycles. The summed E-state index contributed by atoms with van der Waals surface area (Å²) in [7, 11) is 3.19. The van der Waals surface area contributed by atoms with E-state index < -0.39 is 45.3 Å². The number of rotatable bonds is 16. The molecule has 0 spiro atoms. The zero-order chi connectivity index (χ0) is 33.5. The number of aliphatic carboxylic acids is 2. The van der Waals surface area contributed by atoms with Crippen LogP contribution in [0.2, 0.25) is 0 Å². The third kappa shape index (κ3) is 16.3. The molecule has 232 valence electrons. The van der Waals surface area contributed by atoms with Gasteiger partial charge in [-0.05, 0) is 68.2 Å². The molecular formula is C28H44N8O6. The zero-order valence-electron chi connectivity index (χ0n) is 26.3. The second-order valence-electron chi connectivity index (χ2n) is 12.0. The van der Waals surface area contributed by atoms with Gasteiger partial charge in [-0.25, -0.2) is 0 Å². The third-order valence-electron chi connectivity index (χ3n) is 6.24. The number of hydrogen-bond donors (Lipinski definition) is 2. The fraction of sp³-hybridized carbons (Fsp3) is 0.786. The van der Waals surface area contributed by atoms with Crippen LogP contribution < -0.4 is 0 Å². The molecule has 14 nitrogen and oxygen atoms in total. The number of carboxylic acid groups (broad SMARTS) is 2. The summed E-state index contributed by atoms with van der Waals surface area (Å²) in [5, 5.41) is 69.9. The number of nitrogens with zero attached hydrogens (tertiary/aromatic N) is 8. The van der Waals surface area contributed by atoms with Crippen LogP contribution in [0.15, 0.2) is 20.5 Å². The van der Waals surface area contributed by atoms with Crippen LogP contribution in [0.1, 0.15) is 93.9 Å². The molecule has 0 aliphatic rings. The maximum atomic E-state index is 10.5. The minimum absolute atomic E-state index is 0.0389. The van der Waals surface area contributed by atoms with Crippen molar-refractivity contribution in [2.24, 2.45) is 20.5 Å². The van der Waals surface area contributed by atoms with Gasteiger partial charge in [-0.2, -0.15) is 41.5 Å². The van der Waals surface area contributed by atoms with Crippen molar-refractivity contribution >= 4 is 11.9 Å².